The molecule has 4 nitrogen and oxygen atoms in total. The van der Waals surface area contributed by atoms with Crippen LogP contribution >= 0.6 is 10.7 Å². The highest BCUT2D eigenvalue weighted by Crippen LogP contribution is 2.36. The minimum atomic E-state index is -3.45. The Morgan fingerprint density at radius 1 is 1.38 bits per heavy atom. The van der Waals surface area contributed by atoms with Crippen molar-refractivity contribution in [2.24, 2.45) is 11.8 Å². The molecule has 0 amide bonds. The number of hydrogen-bond acceptors (Lipinski definition) is 4. The number of carbonyl (C=O) groups is 1. The van der Waals surface area contributed by atoms with Crippen LogP contribution in [0.5, 0.6) is 0 Å². The van der Waals surface area contributed by atoms with Crippen LogP contribution in [0.25, 0.3) is 0 Å². The predicted octanol–water partition coefficient (Wildman–Crippen LogP) is 1.92. The van der Waals surface area contributed by atoms with Gasteiger partial charge in [0.05, 0.1) is 11.7 Å². The fourth-order valence-electron chi connectivity index (χ4n) is 1.73. The molecule has 0 bridgehead atoms. The van der Waals surface area contributed by atoms with Crippen LogP contribution in [-0.4, -0.2) is 25.7 Å². The van der Waals surface area contributed by atoms with Crippen molar-refractivity contribution in [3.05, 3.63) is 0 Å². The molecular formula is C10H17ClO4S. The molecule has 1 aliphatic rings. The first kappa shape index (κ1) is 13.8. The van der Waals surface area contributed by atoms with Gasteiger partial charge in [-0.3, -0.25) is 4.79 Å². The van der Waals surface area contributed by atoms with Gasteiger partial charge < -0.3 is 4.74 Å². The van der Waals surface area contributed by atoms with E-state index >= 15 is 0 Å². The second kappa shape index (κ2) is 4.53. The van der Waals surface area contributed by atoms with Gasteiger partial charge in [0.1, 0.15) is 5.60 Å². The molecular weight excluding hydrogens is 252 g/mol. The van der Waals surface area contributed by atoms with Gasteiger partial charge in [-0.25, -0.2) is 8.42 Å². The first-order valence-electron chi connectivity index (χ1n) is 5.22. The van der Waals surface area contributed by atoms with Gasteiger partial charge in [0.15, 0.2) is 0 Å². The number of ether oxygens (including phenoxy) is 1. The van der Waals surface area contributed by atoms with Crippen LogP contribution in [0.4, 0.5) is 0 Å². The molecule has 0 spiro atoms. The summed E-state index contributed by atoms with van der Waals surface area (Å²) in [6.07, 6.45) is 1.11. The van der Waals surface area contributed by atoms with Crippen LogP contribution in [0.2, 0.25) is 0 Å². The Balaban J connectivity index is 2.34. The van der Waals surface area contributed by atoms with E-state index in [0.29, 0.717) is 12.8 Å². The molecule has 6 heteroatoms. The van der Waals surface area contributed by atoms with Crippen LogP contribution < -0.4 is 0 Å². The van der Waals surface area contributed by atoms with E-state index in [0.717, 1.165) is 0 Å². The molecule has 0 unspecified atom stereocenters. The second-order valence-corrected chi connectivity index (χ2v) is 8.09. The lowest BCUT2D eigenvalue weighted by atomic mass is 9.76. The Labute approximate surface area is 101 Å². The van der Waals surface area contributed by atoms with Crippen molar-refractivity contribution in [2.45, 2.75) is 39.2 Å². The summed E-state index contributed by atoms with van der Waals surface area (Å²) in [6.45, 7) is 5.43. The van der Waals surface area contributed by atoms with Crippen LogP contribution in [0.1, 0.15) is 33.6 Å². The summed E-state index contributed by atoms with van der Waals surface area (Å²) in [5.41, 5.74) is -0.485. The third-order valence-electron chi connectivity index (χ3n) is 2.41. The summed E-state index contributed by atoms with van der Waals surface area (Å²) in [7, 11) is 1.68. The molecule has 1 aliphatic carbocycles. The van der Waals surface area contributed by atoms with Gasteiger partial charge in [-0.05, 0) is 39.5 Å². The first-order chi connectivity index (χ1) is 7.07. The van der Waals surface area contributed by atoms with Gasteiger partial charge >= 0.3 is 5.97 Å². The zero-order chi connectivity index (χ0) is 12.6. The highest BCUT2D eigenvalue weighted by molar-refractivity contribution is 8.13. The lowest BCUT2D eigenvalue weighted by molar-refractivity contribution is -0.164. The van der Waals surface area contributed by atoms with Crippen molar-refractivity contribution in [3.63, 3.8) is 0 Å². The molecule has 0 aliphatic heterocycles. The zero-order valence-corrected chi connectivity index (χ0v) is 11.3. The summed E-state index contributed by atoms with van der Waals surface area (Å²) in [6, 6.07) is 0. The Bertz CT molecular complexity index is 363. The highest BCUT2D eigenvalue weighted by Gasteiger charge is 2.38. The van der Waals surface area contributed by atoms with E-state index in [9.17, 15) is 13.2 Å². The van der Waals surface area contributed by atoms with Crippen molar-refractivity contribution in [2.75, 3.05) is 5.75 Å². The fraction of sp³-hybridized carbons (Fsp3) is 0.900. The van der Waals surface area contributed by atoms with Crippen LogP contribution in [0.3, 0.4) is 0 Å². The van der Waals surface area contributed by atoms with Crippen LogP contribution in [-0.2, 0) is 18.6 Å². The minimum absolute atomic E-state index is 0.0000170. The summed E-state index contributed by atoms with van der Waals surface area (Å²) in [5.74, 6) is -0.452. The van der Waals surface area contributed by atoms with Crippen LogP contribution in [0, 0.1) is 11.8 Å². The molecule has 1 fully saturated rings. The molecule has 0 saturated heterocycles. The van der Waals surface area contributed by atoms with Gasteiger partial charge in [0, 0.05) is 10.7 Å². The molecule has 0 heterocycles. The third kappa shape index (κ3) is 4.70. The maximum Gasteiger partial charge on any atom is 0.309 e. The molecule has 0 N–H and O–H groups in total. The van der Waals surface area contributed by atoms with E-state index in [1.165, 1.54) is 0 Å². The van der Waals surface area contributed by atoms with Crippen molar-refractivity contribution < 1.29 is 17.9 Å². The lowest BCUT2D eigenvalue weighted by Gasteiger charge is -2.34. The molecule has 94 valence electrons. The van der Waals surface area contributed by atoms with Gasteiger partial charge in [-0.2, -0.15) is 0 Å². The van der Waals surface area contributed by atoms with Crippen molar-refractivity contribution in [1.82, 2.24) is 0 Å². The number of halogens is 1. The average molecular weight is 269 g/mol. The number of hydrogen-bond donors (Lipinski definition) is 0. The Morgan fingerprint density at radius 2 is 1.88 bits per heavy atom. The fourth-order valence-corrected chi connectivity index (χ4v) is 3.10. The highest BCUT2D eigenvalue weighted by atomic mass is 35.7. The molecule has 1 saturated carbocycles. The van der Waals surface area contributed by atoms with Gasteiger partial charge in [-0.15, -0.1) is 0 Å². The van der Waals surface area contributed by atoms with E-state index in [2.05, 4.69) is 0 Å². The summed E-state index contributed by atoms with van der Waals surface area (Å²) in [4.78, 5) is 11.5. The maximum absolute atomic E-state index is 11.5. The minimum Gasteiger partial charge on any atom is -0.460 e. The van der Waals surface area contributed by atoms with E-state index in [1.54, 1.807) is 0 Å². The zero-order valence-electron chi connectivity index (χ0n) is 9.70. The topological polar surface area (TPSA) is 60.4 Å². The van der Waals surface area contributed by atoms with E-state index in [4.69, 9.17) is 15.4 Å². The number of carbonyl (C=O) groups excluding carboxylic acids is 1. The van der Waals surface area contributed by atoms with Crippen molar-refractivity contribution >= 4 is 25.7 Å². The SMILES string of the molecule is CC(C)(C)OC(=O)C1CC(CS(=O)(=O)Cl)C1. The summed E-state index contributed by atoms with van der Waals surface area (Å²) < 4.78 is 26.8. The summed E-state index contributed by atoms with van der Waals surface area (Å²) >= 11 is 0. The normalized spacial score (nSPS) is 26.0. The first-order valence-corrected chi connectivity index (χ1v) is 7.70. The number of rotatable bonds is 3. The third-order valence-corrected chi connectivity index (χ3v) is 3.66. The van der Waals surface area contributed by atoms with Crippen molar-refractivity contribution in [3.8, 4) is 0 Å². The maximum atomic E-state index is 11.5. The van der Waals surface area contributed by atoms with Gasteiger partial charge in [-0.1, -0.05) is 0 Å². The Kier molecular flexibility index (Phi) is 3.90. The molecule has 0 aromatic carbocycles. The standard InChI is InChI=1S/C10H17ClO4S/c1-10(2,3)15-9(12)8-4-7(5-8)6-16(11,13)14/h7-8H,4-6H2,1-3H3. The molecule has 0 aromatic rings. The van der Waals surface area contributed by atoms with E-state index in [1.807, 2.05) is 20.8 Å². The molecule has 16 heavy (non-hydrogen) atoms. The number of esters is 1. The van der Waals surface area contributed by atoms with Gasteiger partial charge in [0.25, 0.3) is 0 Å². The molecule has 0 atom stereocenters. The second-order valence-electron chi connectivity index (χ2n) is 5.27. The molecule has 0 aromatic heterocycles. The van der Waals surface area contributed by atoms with Gasteiger partial charge in [0.2, 0.25) is 9.05 Å². The quantitative estimate of drug-likeness (QED) is 0.580. The van der Waals surface area contributed by atoms with E-state index < -0.39 is 14.7 Å². The summed E-state index contributed by atoms with van der Waals surface area (Å²) in [5, 5.41) is 0. The molecule has 0 radical (unpaired) electrons. The average Bonchev–Trinajstić information content (AvgIpc) is 1.89. The lowest BCUT2D eigenvalue weighted by Crippen LogP contribution is -2.38. The smallest absolute Gasteiger partial charge is 0.309 e. The predicted molar refractivity (Wildman–Crippen MR) is 61.7 cm³/mol. The Hall–Kier alpha value is -0.290. The van der Waals surface area contributed by atoms with Crippen molar-refractivity contribution in [1.29, 1.82) is 0 Å². The monoisotopic (exact) mass is 268 g/mol. The molecule has 1 rings (SSSR count). The van der Waals surface area contributed by atoms with Crippen LogP contribution in [0.15, 0.2) is 0 Å². The van der Waals surface area contributed by atoms with E-state index in [-0.39, 0.29) is 23.6 Å². The largest absolute Gasteiger partial charge is 0.460 e. The Morgan fingerprint density at radius 3 is 2.25 bits per heavy atom.